The van der Waals surface area contributed by atoms with Gasteiger partial charge < -0.3 is 10.1 Å². The maximum Gasteiger partial charge on any atom is 0.305 e. The molecule has 0 saturated heterocycles. The number of nitrogens with one attached hydrogen (secondary N) is 1. The van der Waals surface area contributed by atoms with Gasteiger partial charge in [0.2, 0.25) is 0 Å². The Morgan fingerprint density at radius 3 is 2.50 bits per heavy atom. The molecule has 1 N–H and O–H groups in total. The lowest BCUT2D eigenvalue weighted by Crippen LogP contribution is -2.25. The topological polar surface area (TPSA) is 38.3 Å². The Labute approximate surface area is 87.2 Å². The van der Waals surface area contributed by atoms with Crippen LogP contribution in [-0.4, -0.2) is 26.2 Å². The number of rotatable bonds is 7. The van der Waals surface area contributed by atoms with Crippen LogP contribution in [0.25, 0.3) is 0 Å². The number of hydrogen-bond acceptors (Lipinski definition) is 3. The Bertz CT molecular complexity index is 157. The Balaban J connectivity index is 3.25. The van der Waals surface area contributed by atoms with Crippen LogP contribution in [0.3, 0.4) is 0 Å². The van der Waals surface area contributed by atoms with Gasteiger partial charge in [0.05, 0.1) is 7.11 Å². The summed E-state index contributed by atoms with van der Waals surface area (Å²) >= 11 is 0. The first-order valence-corrected chi connectivity index (χ1v) is 5.35. The van der Waals surface area contributed by atoms with E-state index in [9.17, 15) is 4.79 Å². The van der Waals surface area contributed by atoms with Gasteiger partial charge in [0.25, 0.3) is 0 Å². The fourth-order valence-corrected chi connectivity index (χ4v) is 1.03. The fourth-order valence-electron chi connectivity index (χ4n) is 1.03. The predicted octanol–water partition coefficient (Wildman–Crippen LogP) is 1.82. The van der Waals surface area contributed by atoms with E-state index in [1.807, 2.05) is 0 Å². The third kappa shape index (κ3) is 6.89. The van der Waals surface area contributed by atoms with Crippen molar-refractivity contribution in [1.29, 1.82) is 0 Å². The summed E-state index contributed by atoms with van der Waals surface area (Å²) in [6.45, 7) is 8.60. The Kier molecular flexibility index (Phi) is 7.48. The van der Waals surface area contributed by atoms with Crippen LogP contribution in [0, 0.1) is 11.8 Å². The largest absolute Gasteiger partial charge is 0.469 e. The molecule has 0 aliphatic heterocycles. The van der Waals surface area contributed by atoms with Crippen molar-refractivity contribution >= 4 is 5.97 Å². The average Bonchev–Trinajstić information content (AvgIpc) is 2.16. The molecular weight excluding hydrogens is 178 g/mol. The molecule has 3 heteroatoms. The number of carbonyl (C=O) groups is 1. The standard InChI is InChI=1S/C11H23NO2/c1-9(2)10(3)8-12-7-5-6-11(13)14-4/h9-10,12H,5-8H2,1-4H3. The Morgan fingerprint density at radius 1 is 1.36 bits per heavy atom. The zero-order valence-electron chi connectivity index (χ0n) is 9.80. The minimum absolute atomic E-state index is 0.122. The van der Waals surface area contributed by atoms with E-state index in [1.165, 1.54) is 7.11 Å². The number of esters is 1. The smallest absolute Gasteiger partial charge is 0.305 e. The average molecular weight is 201 g/mol. The number of carbonyl (C=O) groups excluding carboxylic acids is 1. The maximum atomic E-state index is 10.8. The van der Waals surface area contributed by atoms with Gasteiger partial charge >= 0.3 is 5.97 Å². The van der Waals surface area contributed by atoms with E-state index < -0.39 is 0 Å². The number of ether oxygens (including phenoxy) is 1. The summed E-state index contributed by atoms with van der Waals surface area (Å²) in [6.07, 6.45) is 1.37. The molecule has 3 nitrogen and oxygen atoms in total. The molecule has 0 aliphatic carbocycles. The summed E-state index contributed by atoms with van der Waals surface area (Å²) < 4.78 is 4.55. The van der Waals surface area contributed by atoms with Gasteiger partial charge in [-0.25, -0.2) is 0 Å². The number of methoxy groups -OCH3 is 1. The lowest BCUT2D eigenvalue weighted by molar-refractivity contribution is -0.140. The van der Waals surface area contributed by atoms with Crippen LogP contribution in [0.2, 0.25) is 0 Å². The van der Waals surface area contributed by atoms with Crippen molar-refractivity contribution in [3.05, 3.63) is 0 Å². The second-order valence-electron chi connectivity index (χ2n) is 4.11. The second kappa shape index (κ2) is 7.80. The lowest BCUT2D eigenvalue weighted by Gasteiger charge is -2.15. The minimum atomic E-state index is -0.122. The molecule has 0 aromatic heterocycles. The zero-order chi connectivity index (χ0) is 11.0. The van der Waals surface area contributed by atoms with E-state index in [0.717, 1.165) is 19.5 Å². The molecule has 84 valence electrons. The minimum Gasteiger partial charge on any atom is -0.469 e. The van der Waals surface area contributed by atoms with E-state index >= 15 is 0 Å². The van der Waals surface area contributed by atoms with Crippen molar-refractivity contribution in [3.8, 4) is 0 Å². The highest BCUT2D eigenvalue weighted by Gasteiger charge is 2.05. The van der Waals surface area contributed by atoms with Crippen LogP contribution in [0.4, 0.5) is 0 Å². The van der Waals surface area contributed by atoms with E-state index in [2.05, 4.69) is 30.8 Å². The van der Waals surface area contributed by atoms with Gasteiger partial charge in [-0.15, -0.1) is 0 Å². The third-order valence-corrected chi connectivity index (χ3v) is 2.57. The van der Waals surface area contributed by atoms with Gasteiger partial charge in [0.1, 0.15) is 0 Å². The van der Waals surface area contributed by atoms with Crippen molar-refractivity contribution in [2.24, 2.45) is 11.8 Å². The summed E-state index contributed by atoms with van der Waals surface area (Å²) in [5.74, 6) is 1.28. The highest BCUT2D eigenvalue weighted by atomic mass is 16.5. The third-order valence-electron chi connectivity index (χ3n) is 2.57. The molecule has 0 spiro atoms. The van der Waals surface area contributed by atoms with E-state index in [4.69, 9.17) is 0 Å². The molecule has 0 heterocycles. The zero-order valence-corrected chi connectivity index (χ0v) is 9.80. The molecule has 1 atom stereocenters. The molecule has 14 heavy (non-hydrogen) atoms. The molecular formula is C11H23NO2. The molecule has 0 bridgehead atoms. The molecule has 0 radical (unpaired) electrons. The summed E-state index contributed by atoms with van der Waals surface area (Å²) in [5.41, 5.74) is 0. The van der Waals surface area contributed by atoms with Gasteiger partial charge in [-0.2, -0.15) is 0 Å². The van der Waals surface area contributed by atoms with E-state index in [1.54, 1.807) is 0 Å². The van der Waals surface area contributed by atoms with Gasteiger partial charge in [-0.3, -0.25) is 4.79 Å². The fraction of sp³-hybridized carbons (Fsp3) is 0.909. The lowest BCUT2D eigenvalue weighted by atomic mass is 9.98. The molecule has 0 rings (SSSR count). The molecule has 0 aromatic rings. The van der Waals surface area contributed by atoms with E-state index in [0.29, 0.717) is 18.3 Å². The maximum absolute atomic E-state index is 10.8. The van der Waals surface area contributed by atoms with Crippen LogP contribution in [-0.2, 0) is 9.53 Å². The Morgan fingerprint density at radius 2 is 2.00 bits per heavy atom. The summed E-state index contributed by atoms with van der Waals surface area (Å²) in [7, 11) is 1.43. The SMILES string of the molecule is COC(=O)CCCNCC(C)C(C)C. The highest BCUT2D eigenvalue weighted by Crippen LogP contribution is 2.07. The van der Waals surface area contributed by atoms with Crippen molar-refractivity contribution < 1.29 is 9.53 Å². The molecule has 0 aromatic carbocycles. The quantitative estimate of drug-likeness (QED) is 0.504. The summed E-state index contributed by atoms with van der Waals surface area (Å²) in [6, 6.07) is 0. The van der Waals surface area contributed by atoms with E-state index in [-0.39, 0.29) is 5.97 Å². The first kappa shape index (κ1) is 13.4. The van der Waals surface area contributed by atoms with Gasteiger partial charge in [0.15, 0.2) is 0 Å². The molecule has 0 amide bonds. The van der Waals surface area contributed by atoms with Gasteiger partial charge in [0, 0.05) is 6.42 Å². The molecule has 0 fully saturated rings. The summed E-state index contributed by atoms with van der Waals surface area (Å²) in [5, 5.41) is 3.34. The van der Waals surface area contributed by atoms with Gasteiger partial charge in [-0.05, 0) is 31.3 Å². The van der Waals surface area contributed by atoms with Crippen LogP contribution in [0.1, 0.15) is 33.6 Å². The molecule has 0 saturated carbocycles. The first-order chi connectivity index (χ1) is 6.57. The summed E-state index contributed by atoms with van der Waals surface area (Å²) in [4.78, 5) is 10.8. The van der Waals surface area contributed by atoms with Crippen LogP contribution < -0.4 is 5.32 Å². The van der Waals surface area contributed by atoms with Crippen molar-refractivity contribution in [2.75, 3.05) is 20.2 Å². The predicted molar refractivity (Wildman–Crippen MR) is 58.1 cm³/mol. The van der Waals surface area contributed by atoms with Crippen LogP contribution in [0.15, 0.2) is 0 Å². The van der Waals surface area contributed by atoms with Crippen molar-refractivity contribution in [2.45, 2.75) is 33.6 Å². The monoisotopic (exact) mass is 201 g/mol. The molecule has 0 aliphatic rings. The van der Waals surface area contributed by atoms with Crippen molar-refractivity contribution in [1.82, 2.24) is 5.32 Å². The number of hydrogen-bond donors (Lipinski definition) is 1. The van der Waals surface area contributed by atoms with Gasteiger partial charge in [-0.1, -0.05) is 20.8 Å². The second-order valence-corrected chi connectivity index (χ2v) is 4.11. The van der Waals surface area contributed by atoms with Crippen LogP contribution >= 0.6 is 0 Å². The Hall–Kier alpha value is -0.570. The normalized spacial score (nSPS) is 12.9. The molecule has 1 unspecified atom stereocenters. The van der Waals surface area contributed by atoms with Crippen molar-refractivity contribution in [3.63, 3.8) is 0 Å². The van der Waals surface area contributed by atoms with Crippen LogP contribution in [0.5, 0.6) is 0 Å². The highest BCUT2D eigenvalue weighted by molar-refractivity contribution is 5.68. The first-order valence-electron chi connectivity index (χ1n) is 5.35.